The molecule has 0 aromatic heterocycles. The van der Waals surface area contributed by atoms with Gasteiger partial charge < -0.3 is 15.0 Å². The lowest BCUT2D eigenvalue weighted by Gasteiger charge is -2.32. The van der Waals surface area contributed by atoms with Crippen molar-refractivity contribution in [2.24, 2.45) is 0 Å². The third kappa shape index (κ3) is 5.24. The maximum Gasteiger partial charge on any atom is 0.121 e. The molecule has 1 aliphatic heterocycles. The first kappa shape index (κ1) is 16.2. The molecular weight excluding hydrogens is 260 g/mol. The summed E-state index contributed by atoms with van der Waals surface area (Å²) in [5.74, 6) is 0.962. The molecule has 1 aromatic rings. The summed E-state index contributed by atoms with van der Waals surface area (Å²) < 4.78 is 5.87. The van der Waals surface area contributed by atoms with E-state index in [0.717, 1.165) is 30.4 Å². The Morgan fingerprint density at radius 3 is 3.00 bits per heavy atom. The normalized spacial score (nSPS) is 21.0. The minimum Gasteiger partial charge on any atom is -0.491 e. The predicted molar refractivity (Wildman–Crippen MR) is 90.2 cm³/mol. The van der Waals surface area contributed by atoms with Gasteiger partial charge >= 0.3 is 0 Å². The lowest BCUT2D eigenvalue weighted by Crippen LogP contribution is -2.37. The average molecular weight is 290 g/mol. The van der Waals surface area contributed by atoms with Gasteiger partial charge in [-0.2, -0.15) is 0 Å². The Balaban J connectivity index is 1.78. The molecule has 21 heavy (non-hydrogen) atoms. The van der Waals surface area contributed by atoms with Crippen molar-refractivity contribution >= 4 is 5.69 Å². The number of nitrogens with one attached hydrogen (secondary N) is 1. The highest BCUT2D eigenvalue weighted by Gasteiger charge is 2.17. The van der Waals surface area contributed by atoms with Gasteiger partial charge in [-0.1, -0.05) is 19.4 Å². The van der Waals surface area contributed by atoms with Gasteiger partial charge in [0.1, 0.15) is 5.75 Å². The number of rotatable bonds is 7. The van der Waals surface area contributed by atoms with Gasteiger partial charge in [0.15, 0.2) is 0 Å². The van der Waals surface area contributed by atoms with Crippen LogP contribution in [0.1, 0.15) is 46.0 Å². The maximum absolute atomic E-state index is 5.87. The summed E-state index contributed by atoms with van der Waals surface area (Å²) in [5.41, 5.74) is 1.16. The summed E-state index contributed by atoms with van der Waals surface area (Å²) in [5, 5.41) is 3.54. The van der Waals surface area contributed by atoms with Crippen molar-refractivity contribution in [1.82, 2.24) is 4.90 Å². The highest BCUT2D eigenvalue weighted by atomic mass is 16.5. The zero-order valence-electron chi connectivity index (χ0n) is 13.8. The van der Waals surface area contributed by atoms with Crippen molar-refractivity contribution in [2.45, 2.75) is 58.1 Å². The predicted octanol–water partition coefficient (Wildman–Crippen LogP) is 4.15. The monoisotopic (exact) mass is 290 g/mol. The SMILES string of the molecule is CCC(C)Oc1cccc(NCCC2CCCCN2C)c1. The van der Waals surface area contributed by atoms with Crippen molar-refractivity contribution in [2.75, 3.05) is 25.5 Å². The van der Waals surface area contributed by atoms with Crippen LogP contribution in [0.5, 0.6) is 5.75 Å². The molecule has 0 aliphatic carbocycles. The zero-order valence-corrected chi connectivity index (χ0v) is 13.8. The minimum atomic E-state index is 0.274. The van der Waals surface area contributed by atoms with Crippen molar-refractivity contribution in [3.05, 3.63) is 24.3 Å². The summed E-state index contributed by atoms with van der Waals surface area (Å²) in [6.07, 6.45) is 6.60. The Hall–Kier alpha value is -1.22. The molecule has 2 rings (SSSR count). The molecule has 0 bridgehead atoms. The summed E-state index contributed by atoms with van der Waals surface area (Å²) in [6, 6.07) is 9.06. The van der Waals surface area contributed by atoms with Gasteiger partial charge in [0, 0.05) is 24.3 Å². The second-order valence-corrected chi connectivity index (χ2v) is 6.21. The lowest BCUT2D eigenvalue weighted by molar-refractivity contribution is 0.179. The van der Waals surface area contributed by atoms with Crippen LogP contribution in [0.25, 0.3) is 0 Å². The number of hydrogen-bond donors (Lipinski definition) is 1. The number of piperidine rings is 1. The molecular formula is C18H30N2O. The highest BCUT2D eigenvalue weighted by molar-refractivity contribution is 5.48. The molecule has 0 saturated carbocycles. The molecule has 1 N–H and O–H groups in total. The van der Waals surface area contributed by atoms with Crippen LogP contribution in [0.15, 0.2) is 24.3 Å². The van der Waals surface area contributed by atoms with Crippen LogP contribution in [0.4, 0.5) is 5.69 Å². The summed E-state index contributed by atoms with van der Waals surface area (Å²) in [4.78, 5) is 2.51. The molecule has 3 nitrogen and oxygen atoms in total. The second-order valence-electron chi connectivity index (χ2n) is 6.21. The third-order valence-electron chi connectivity index (χ3n) is 4.47. The van der Waals surface area contributed by atoms with E-state index < -0.39 is 0 Å². The van der Waals surface area contributed by atoms with E-state index in [4.69, 9.17) is 4.74 Å². The van der Waals surface area contributed by atoms with Crippen LogP contribution in [-0.4, -0.2) is 37.2 Å². The van der Waals surface area contributed by atoms with E-state index in [9.17, 15) is 0 Å². The Morgan fingerprint density at radius 1 is 1.38 bits per heavy atom. The molecule has 1 heterocycles. The quantitative estimate of drug-likeness (QED) is 0.816. The van der Waals surface area contributed by atoms with Crippen molar-refractivity contribution < 1.29 is 4.74 Å². The van der Waals surface area contributed by atoms with Gasteiger partial charge in [-0.25, -0.2) is 0 Å². The first-order valence-electron chi connectivity index (χ1n) is 8.40. The summed E-state index contributed by atoms with van der Waals surface area (Å²) in [6.45, 7) is 6.54. The van der Waals surface area contributed by atoms with E-state index in [1.165, 1.54) is 32.2 Å². The Morgan fingerprint density at radius 2 is 2.24 bits per heavy atom. The van der Waals surface area contributed by atoms with Gasteiger partial charge in [-0.15, -0.1) is 0 Å². The number of likely N-dealkylation sites (tertiary alicyclic amines) is 1. The van der Waals surface area contributed by atoms with Crippen molar-refractivity contribution in [1.29, 1.82) is 0 Å². The van der Waals surface area contributed by atoms with Gasteiger partial charge in [-0.05, 0) is 58.3 Å². The van der Waals surface area contributed by atoms with Crippen LogP contribution >= 0.6 is 0 Å². The first-order chi connectivity index (χ1) is 10.2. The first-order valence-corrected chi connectivity index (χ1v) is 8.40. The van der Waals surface area contributed by atoms with E-state index in [0.29, 0.717) is 0 Å². The van der Waals surface area contributed by atoms with Gasteiger partial charge in [0.2, 0.25) is 0 Å². The molecule has 1 fully saturated rings. The summed E-state index contributed by atoms with van der Waals surface area (Å²) >= 11 is 0. The van der Waals surface area contributed by atoms with Gasteiger partial charge in [-0.3, -0.25) is 0 Å². The highest BCUT2D eigenvalue weighted by Crippen LogP contribution is 2.21. The van der Waals surface area contributed by atoms with E-state index in [2.05, 4.69) is 49.3 Å². The number of ether oxygens (including phenoxy) is 1. The van der Waals surface area contributed by atoms with Crippen molar-refractivity contribution in [3.63, 3.8) is 0 Å². The average Bonchev–Trinajstić information content (AvgIpc) is 2.49. The van der Waals surface area contributed by atoms with Crippen LogP contribution in [0.2, 0.25) is 0 Å². The topological polar surface area (TPSA) is 24.5 Å². The third-order valence-corrected chi connectivity index (χ3v) is 4.47. The minimum absolute atomic E-state index is 0.274. The molecule has 2 unspecified atom stereocenters. The van der Waals surface area contributed by atoms with Gasteiger partial charge in [0.25, 0.3) is 0 Å². The maximum atomic E-state index is 5.87. The van der Waals surface area contributed by atoms with Crippen LogP contribution in [0.3, 0.4) is 0 Å². The lowest BCUT2D eigenvalue weighted by atomic mass is 10.0. The molecule has 1 saturated heterocycles. The number of benzene rings is 1. The molecule has 0 radical (unpaired) electrons. The smallest absolute Gasteiger partial charge is 0.121 e. The molecule has 1 aromatic carbocycles. The second kappa shape index (κ2) is 8.28. The fraction of sp³-hybridized carbons (Fsp3) is 0.667. The standard InChI is InChI=1S/C18H30N2O/c1-4-15(2)21-18-10-7-8-16(14-18)19-12-11-17-9-5-6-13-20(17)3/h7-8,10,14-15,17,19H,4-6,9,11-13H2,1-3H3. The van der Waals surface area contributed by atoms with E-state index >= 15 is 0 Å². The van der Waals surface area contributed by atoms with Crippen LogP contribution in [-0.2, 0) is 0 Å². The summed E-state index contributed by atoms with van der Waals surface area (Å²) in [7, 11) is 2.25. The Bertz CT molecular complexity index is 421. The molecule has 2 atom stereocenters. The zero-order chi connectivity index (χ0) is 15.1. The number of hydrogen-bond acceptors (Lipinski definition) is 3. The van der Waals surface area contributed by atoms with E-state index in [1.807, 2.05) is 6.07 Å². The van der Waals surface area contributed by atoms with Gasteiger partial charge in [0.05, 0.1) is 6.10 Å². The molecule has 0 amide bonds. The Labute approximate surface area is 129 Å². The number of nitrogens with zero attached hydrogens (tertiary/aromatic N) is 1. The van der Waals surface area contributed by atoms with Crippen LogP contribution in [0, 0.1) is 0 Å². The Kier molecular flexibility index (Phi) is 6.37. The van der Waals surface area contributed by atoms with Crippen LogP contribution < -0.4 is 10.1 Å². The molecule has 0 spiro atoms. The number of anilines is 1. The molecule has 1 aliphatic rings. The largest absolute Gasteiger partial charge is 0.491 e. The van der Waals surface area contributed by atoms with E-state index in [-0.39, 0.29) is 6.10 Å². The molecule has 3 heteroatoms. The van der Waals surface area contributed by atoms with Crippen molar-refractivity contribution in [3.8, 4) is 5.75 Å². The fourth-order valence-corrected chi connectivity index (χ4v) is 2.89. The fourth-order valence-electron chi connectivity index (χ4n) is 2.89. The van der Waals surface area contributed by atoms with E-state index in [1.54, 1.807) is 0 Å². The molecule has 118 valence electrons.